The molecule has 8 heavy (non-hydrogen) atoms. The van der Waals surface area contributed by atoms with E-state index in [1.807, 2.05) is 0 Å². The predicted octanol–water partition coefficient (Wildman–Crippen LogP) is 1.10. The van der Waals surface area contributed by atoms with Crippen molar-refractivity contribution in [2.24, 2.45) is 9.98 Å². The predicted molar refractivity (Wildman–Crippen MR) is 36.1 cm³/mol. The summed E-state index contributed by atoms with van der Waals surface area (Å²) in [6.07, 6.45) is 3.07. The lowest BCUT2D eigenvalue weighted by Crippen LogP contribution is -1.83. The Kier molecular flexibility index (Phi) is 3.66. The number of guanidine groups is 1. The fraction of sp³-hybridized carbons (Fsp3) is 0.400. The minimum absolute atomic E-state index is 0.0509. The summed E-state index contributed by atoms with van der Waals surface area (Å²) in [5.41, 5.74) is 0. The number of hydrogen-bond acceptors (Lipinski definition) is 1. The minimum Gasteiger partial charge on any atom is -0.266 e. The number of rotatable bonds is 0. The molecule has 0 rings (SSSR count). The quantitative estimate of drug-likeness (QED) is 0.359. The van der Waals surface area contributed by atoms with Crippen molar-refractivity contribution in [2.45, 2.75) is 13.8 Å². The smallest absolute Gasteiger partial charge is 0.241 e. The van der Waals surface area contributed by atoms with Crippen LogP contribution in [-0.4, -0.2) is 18.4 Å². The maximum Gasteiger partial charge on any atom is 0.241 e. The minimum atomic E-state index is 0.0509. The SMILES string of the molecule is CC=NC(=N)N=CC. The van der Waals surface area contributed by atoms with Crippen molar-refractivity contribution in [3.8, 4) is 0 Å². The van der Waals surface area contributed by atoms with E-state index in [9.17, 15) is 0 Å². The lowest BCUT2D eigenvalue weighted by atomic mass is 10.8. The molecule has 0 aliphatic carbocycles. The molecule has 0 aliphatic rings. The van der Waals surface area contributed by atoms with Gasteiger partial charge in [0.15, 0.2) is 0 Å². The van der Waals surface area contributed by atoms with Gasteiger partial charge in [-0.25, -0.2) is 9.98 Å². The van der Waals surface area contributed by atoms with Crippen LogP contribution in [0.2, 0.25) is 0 Å². The first-order valence-electron chi connectivity index (χ1n) is 2.37. The molecule has 0 bridgehead atoms. The summed E-state index contributed by atoms with van der Waals surface area (Å²) in [6, 6.07) is 0. The molecule has 0 fully saturated rings. The van der Waals surface area contributed by atoms with Crippen LogP contribution in [0.5, 0.6) is 0 Å². The van der Waals surface area contributed by atoms with Crippen LogP contribution >= 0.6 is 0 Å². The Morgan fingerprint density at radius 2 is 1.62 bits per heavy atom. The maximum atomic E-state index is 6.89. The molecule has 0 aromatic rings. The summed E-state index contributed by atoms with van der Waals surface area (Å²) < 4.78 is 0. The Bertz CT molecular complexity index is 110. The zero-order valence-electron chi connectivity index (χ0n) is 5.05. The highest BCUT2D eigenvalue weighted by Gasteiger charge is 1.76. The Balaban J connectivity index is 3.66. The zero-order chi connectivity index (χ0) is 6.41. The second kappa shape index (κ2) is 4.18. The highest BCUT2D eigenvalue weighted by atomic mass is 15.0. The van der Waals surface area contributed by atoms with Gasteiger partial charge in [-0.3, -0.25) is 5.41 Å². The van der Waals surface area contributed by atoms with E-state index in [4.69, 9.17) is 5.41 Å². The molecule has 1 N–H and O–H groups in total. The van der Waals surface area contributed by atoms with Gasteiger partial charge in [0, 0.05) is 12.4 Å². The van der Waals surface area contributed by atoms with E-state index in [1.54, 1.807) is 13.8 Å². The molecule has 3 heteroatoms. The molecule has 44 valence electrons. The van der Waals surface area contributed by atoms with Gasteiger partial charge in [-0.15, -0.1) is 0 Å². The van der Waals surface area contributed by atoms with Gasteiger partial charge >= 0.3 is 0 Å². The van der Waals surface area contributed by atoms with Gasteiger partial charge in [0.2, 0.25) is 5.96 Å². The molecule has 0 radical (unpaired) electrons. The third-order valence-electron chi connectivity index (χ3n) is 0.503. The Morgan fingerprint density at radius 3 is 1.88 bits per heavy atom. The van der Waals surface area contributed by atoms with E-state index in [-0.39, 0.29) is 5.96 Å². The van der Waals surface area contributed by atoms with Gasteiger partial charge in [-0.1, -0.05) is 0 Å². The van der Waals surface area contributed by atoms with Crippen LogP contribution in [0.1, 0.15) is 13.8 Å². The second-order valence-corrected chi connectivity index (χ2v) is 1.10. The van der Waals surface area contributed by atoms with Crippen LogP contribution in [0.3, 0.4) is 0 Å². The van der Waals surface area contributed by atoms with E-state index in [0.29, 0.717) is 0 Å². The molecule has 0 saturated heterocycles. The zero-order valence-corrected chi connectivity index (χ0v) is 5.05. The molecule has 0 unspecified atom stereocenters. The fourth-order valence-corrected chi connectivity index (χ4v) is 0.278. The summed E-state index contributed by atoms with van der Waals surface area (Å²) in [4.78, 5) is 7.15. The monoisotopic (exact) mass is 111 g/mol. The molecule has 0 saturated carbocycles. The standard InChI is InChI=1S/C5H9N3/c1-3-7-5(6)8-4-2/h3-4,6H,1-2H3. The first kappa shape index (κ1) is 7.01. The fourth-order valence-electron chi connectivity index (χ4n) is 0.278. The van der Waals surface area contributed by atoms with Gasteiger partial charge in [0.25, 0.3) is 0 Å². The van der Waals surface area contributed by atoms with Crippen LogP contribution in [0.15, 0.2) is 9.98 Å². The molecule has 0 aliphatic heterocycles. The summed E-state index contributed by atoms with van der Waals surface area (Å²) in [7, 11) is 0. The van der Waals surface area contributed by atoms with Crippen molar-refractivity contribution in [1.82, 2.24) is 0 Å². The number of aliphatic imine (C=N–C) groups is 2. The molecule has 3 nitrogen and oxygen atoms in total. The van der Waals surface area contributed by atoms with Crippen LogP contribution in [0.25, 0.3) is 0 Å². The van der Waals surface area contributed by atoms with Gasteiger partial charge < -0.3 is 0 Å². The van der Waals surface area contributed by atoms with Crippen molar-refractivity contribution in [3.05, 3.63) is 0 Å². The molecular formula is C5H9N3. The van der Waals surface area contributed by atoms with E-state index >= 15 is 0 Å². The largest absolute Gasteiger partial charge is 0.266 e. The van der Waals surface area contributed by atoms with Gasteiger partial charge in [-0.05, 0) is 13.8 Å². The second-order valence-electron chi connectivity index (χ2n) is 1.10. The lowest BCUT2D eigenvalue weighted by molar-refractivity contribution is 1.38. The van der Waals surface area contributed by atoms with Gasteiger partial charge in [0.05, 0.1) is 0 Å². The van der Waals surface area contributed by atoms with Crippen molar-refractivity contribution in [1.29, 1.82) is 5.41 Å². The number of nitrogens with one attached hydrogen (secondary N) is 1. The highest BCUT2D eigenvalue weighted by molar-refractivity contribution is 5.90. The molecule has 0 amide bonds. The summed E-state index contributed by atoms with van der Waals surface area (Å²) in [5.74, 6) is 0.0509. The van der Waals surface area contributed by atoms with E-state index in [2.05, 4.69) is 9.98 Å². The number of nitrogens with zero attached hydrogens (tertiary/aromatic N) is 2. The lowest BCUT2D eigenvalue weighted by Gasteiger charge is -1.80. The first-order valence-corrected chi connectivity index (χ1v) is 2.37. The highest BCUT2D eigenvalue weighted by Crippen LogP contribution is 1.73. The van der Waals surface area contributed by atoms with Crippen LogP contribution in [0.4, 0.5) is 0 Å². The third kappa shape index (κ3) is 3.21. The average molecular weight is 111 g/mol. The molecule has 0 aromatic carbocycles. The van der Waals surface area contributed by atoms with Gasteiger partial charge in [0.1, 0.15) is 0 Å². The van der Waals surface area contributed by atoms with Crippen LogP contribution < -0.4 is 0 Å². The van der Waals surface area contributed by atoms with Crippen LogP contribution in [0, 0.1) is 5.41 Å². The summed E-state index contributed by atoms with van der Waals surface area (Å²) >= 11 is 0. The van der Waals surface area contributed by atoms with Crippen LogP contribution in [-0.2, 0) is 0 Å². The van der Waals surface area contributed by atoms with Gasteiger partial charge in [-0.2, -0.15) is 0 Å². The van der Waals surface area contributed by atoms with Crippen molar-refractivity contribution in [3.63, 3.8) is 0 Å². The average Bonchev–Trinajstić information content (AvgIpc) is 1.68. The number of hydrogen-bond donors (Lipinski definition) is 1. The van der Waals surface area contributed by atoms with E-state index < -0.39 is 0 Å². The summed E-state index contributed by atoms with van der Waals surface area (Å²) in [6.45, 7) is 3.50. The Morgan fingerprint density at radius 1 is 1.25 bits per heavy atom. The van der Waals surface area contributed by atoms with Crippen molar-refractivity contribution >= 4 is 18.4 Å². The third-order valence-corrected chi connectivity index (χ3v) is 0.503. The summed E-state index contributed by atoms with van der Waals surface area (Å²) in [5, 5.41) is 6.89. The molecule has 0 atom stereocenters. The van der Waals surface area contributed by atoms with Crippen molar-refractivity contribution < 1.29 is 0 Å². The Labute approximate surface area is 48.7 Å². The van der Waals surface area contributed by atoms with E-state index in [0.717, 1.165) is 0 Å². The normalized spacial score (nSPS) is 11.2. The van der Waals surface area contributed by atoms with E-state index in [1.165, 1.54) is 12.4 Å². The molecule has 0 spiro atoms. The first-order chi connectivity index (χ1) is 3.81. The maximum absolute atomic E-state index is 6.89. The molecule has 0 heterocycles. The topological polar surface area (TPSA) is 48.6 Å². The molecule has 0 aromatic heterocycles. The Hall–Kier alpha value is -0.990. The van der Waals surface area contributed by atoms with Crippen molar-refractivity contribution in [2.75, 3.05) is 0 Å². The molecular weight excluding hydrogens is 102 g/mol.